The van der Waals surface area contributed by atoms with Crippen LogP contribution >= 0.6 is 0 Å². The van der Waals surface area contributed by atoms with Crippen LogP contribution in [0.25, 0.3) is 0 Å². The zero-order valence-electron chi connectivity index (χ0n) is 11.4. The summed E-state index contributed by atoms with van der Waals surface area (Å²) < 4.78 is 5.33. The van der Waals surface area contributed by atoms with E-state index in [1.54, 1.807) is 12.5 Å². The smallest absolute Gasteiger partial charge is 0.243 e. The third-order valence-corrected chi connectivity index (χ3v) is 3.94. The number of rotatable bonds is 4. The lowest BCUT2D eigenvalue weighted by atomic mass is 9.77. The van der Waals surface area contributed by atoms with Crippen LogP contribution in [-0.2, 0) is 12.8 Å². The normalized spacial score (nSPS) is 18.0. The summed E-state index contributed by atoms with van der Waals surface area (Å²) in [6.45, 7) is 0. The lowest BCUT2D eigenvalue weighted by Gasteiger charge is -2.27. The third kappa shape index (κ3) is 2.13. The minimum absolute atomic E-state index is 0.234. The van der Waals surface area contributed by atoms with Crippen LogP contribution < -0.4 is 5.73 Å². The highest BCUT2D eigenvalue weighted by Crippen LogP contribution is 2.38. The Balaban J connectivity index is 1.52. The van der Waals surface area contributed by atoms with Crippen LogP contribution in [0, 0.1) is 0 Å². The zero-order chi connectivity index (χ0) is 14.2. The number of hydrogen-bond donors (Lipinski definition) is 2. The molecule has 6 nitrogen and oxygen atoms in total. The van der Waals surface area contributed by atoms with Crippen LogP contribution in [0.15, 0.2) is 41.3 Å². The number of nitrogens with zero attached hydrogens (tertiary/aromatic N) is 3. The highest BCUT2D eigenvalue weighted by atomic mass is 16.5. The molecule has 6 heteroatoms. The predicted molar refractivity (Wildman–Crippen MR) is 75.5 cm³/mol. The van der Waals surface area contributed by atoms with Crippen LogP contribution in [0.2, 0.25) is 0 Å². The molecule has 0 aliphatic heterocycles. The van der Waals surface area contributed by atoms with Crippen molar-refractivity contribution in [2.24, 2.45) is 5.73 Å². The molecule has 106 valence electrons. The van der Waals surface area contributed by atoms with Gasteiger partial charge in [0.05, 0.1) is 18.3 Å². The van der Waals surface area contributed by atoms with Gasteiger partial charge in [-0.15, -0.1) is 0 Å². The first-order chi connectivity index (χ1) is 10.3. The first-order valence-electron chi connectivity index (χ1n) is 6.95. The Hall–Kier alpha value is -2.47. The average Bonchev–Trinajstić information content (AvgIpc) is 3.11. The van der Waals surface area contributed by atoms with Crippen molar-refractivity contribution >= 4 is 0 Å². The molecule has 1 aromatic carbocycles. The fourth-order valence-electron chi connectivity index (χ4n) is 2.75. The summed E-state index contributed by atoms with van der Waals surface area (Å²) in [7, 11) is 0. The lowest BCUT2D eigenvalue weighted by molar-refractivity contribution is 0.347. The van der Waals surface area contributed by atoms with Gasteiger partial charge in [-0.2, -0.15) is 4.98 Å². The Bertz CT molecular complexity index is 749. The van der Waals surface area contributed by atoms with Gasteiger partial charge in [0.1, 0.15) is 0 Å². The summed E-state index contributed by atoms with van der Waals surface area (Å²) in [5.41, 5.74) is 9.71. The van der Waals surface area contributed by atoms with Crippen molar-refractivity contribution in [2.75, 3.05) is 0 Å². The van der Waals surface area contributed by atoms with E-state index in [4.69, 9.17) is 10.3 Å². The largest absolute Gasteiger partial charge is 0.348 e. The summed E-state index contributed by atoms with van der Waals surface area (Å²) in [5.74, 6) is 1.44. The van der Waals surface area contributed by atoms with Gasteiger partial charge in [-0.3, -0.25) is 0 Å². The molecule has 3 N–H and O–H groups in total. The Labute approximate surface area is 121 Å². The van der Waals surface area contributed by atoms with E-state index in [0.717, 1.165) is 17.9 Å². The Morgan fingerprint density at radius 1 is 1.38 bits per heavy atom. The van der Waals surface area contributed by atoms with Gasteiger partial charge in [-0.05, 0) is 17.5 Å². The van der Waals surface area contributed by atoms with Gasteiger partial charge >= 0.3 is 0 Å². The molecule has 0 saturated heterocycles. The molecule has 4 rings (SSSR count). The summed E-state index contributed by atoms with van der Waals surface area (Å²) in [5, 5.41) is 4.10. The lowest BCUT2D eigenvalue weighted by Crippen LogP contribution is -2.19. The van der Waals surface area contributed by atoms with Crippen LogP contribution in [0.4, 0.5) is 0 Å². The highest BCUT2D eigenvalue weighted by molar-refractivity contribution is 5.43. The molecule has 0 amide bonds. The Morgan fingerprint density at radius 2 is 2.29 bits per heavy atom. The maximum absolute atomic E-state index is 6.11. The first-order valence-corrected chi connectivity index (χ1v) is 6.95. The maximum atomic E-state index is 6.11. The van der Waals surface area contributed by atoms with E-state index in [1.807, 2.05) is 6.07 Å². The second-order valence-corrected chi connectivity index (χ2v) is 5.33. The van der Waals surface area contributed by atoms with E-state index in [9.17, 15) is 0 Å². The van der Waals surface area contributed by atoms with Crippen LogP contribution in [0.1, 0.15) is 40.5 Å². The van der Waals surface area contributed by atoms with E-state index in [0.29, 0.717) is 12.3 Å². The number of imidazole rings is 1. The van der Waals surface area contributed by atoms with Gasteiger partial charge in [0.2, 0.25) is 5.89 Å². The van der Waals surface area contributed by atoms with Gasteiger partial charge in [-0.25, -0.2) is 4.98 Å². The van der Waals surface area contributed by atoms with Gasteiger partial charge < -0.3 is 15.2 Å². The molecule has 0 saturated carbocycles. The van der Waals surface area contributed by atoms with E-state index in [1.165, 1.54) is 11.1 Å². The molecule has 0 fully saturated rings. The Morgan fingerprint density at radius 3 is 3.10 bits per heavy atom. The number of hydrogen-bond acceptors (Lipinski definition) is 5. The number of nitrogens with one attached hydrogen (secondary N) is 1. The number of fused-ring (bicyclic) bond motifs is 1. The molecule has 0 radical (unpaired) electrons. The molecule has 2 atom stereocenters. The number of aromatic amines is 1. The minimum Gasteiger partial charge on any atom is -0.348 e. The molecular weight excluding hydrogens is 266 g/mol. The summed E-state index contributed by atoms with van der Waals surface area (Å²) in [6.07, 6.45) is 4.94. The molecule has 0 bridgehead atoms. The van der Waals surface area contributed by atoms with Crippen molar-refractivity contribution in [3.05, 3.63) is 65.3 Å². The third-order valence-electron chi connectivity index (χ3n) is 3.94. The standard InChI is InChI=1S/C15H15N5O/c16-13(6-10-7-17-8-18-10)15-19-14(20-21-15)12-5-9-3-1-2-4-11(9)12/h1-4,7-8,12-13H,5-6,16H2,(H,17,18)/t12?,13-/m1/s1. The fraction of sp³-hybridized carbons (Fsp3) is 0.267. The quantitative estimate of drug-likeness (QED) is 0.759. The van der Waals surface area contributed by atoms with E-state index >= 15 is 0 Å². The molecule has 2 heterocycles. The zero-order valence-corrected chi connectivity index (χ0v) is 11.4. The molecule has 3 aromatic rings. The van der Waals surface area contributed by atoms with Crippen LogP contribution in [-0.4, -0.2) is 20.1 Å². The van der Waals surface area contributed by atoms with Crippen molar-refractivity contribution in [3.8, 4) is 0 Å². The summed E-state index contributed by atoms with van der Waals surface area (Å²) in [6, 6.07) is 8.02. The predicted octanol–water partition coefficient (Wildman–Crippen LogP) is 1.72. The maximum Gasteiger partial charge on any atom is 0.243 e. The van der Waals surface area contributed by atoms with Crippen LogP contribution in [0.5, 0.6) is 0 Å². The molecule has 2 aromatic heterocycles. The number of nitrogens with two attached hydrogens (primary N) is 1. The Kier molecular flexibility index (Phi) is 2.82. The second-order valence-electron chi connectivity index (χ2n) is 5.33. The molecule has 21 heavy (non-hydrogen) atoms. The monoisotopic (exact) mass is 281 g/mol. The van der Waals surface area contributed by atoms with Gasteiger partial charge in [0, 0.05) is 18.3 Å². The van der Waals surface area contributed by atoms with Crippen molar-refractivity contribution < 1.29 is 4.52 Å². The van der Waals surface area contributed by atoms with Crippen molar-refractivity contribution in [1.29, 1.82) is 0 Å². The fourth-order valence-corrected chi connectivity index (χ4v) is 2.75. The second kappa shape index (κ2) is 4.82. The topological polar surface area (TPSA) is 93.6 Å². The summed E-state index contributed by atoms with van der Waals surface area (Å²) in [4.78, 5) is 11.5. The van der Waals surface area contributed by atoms with Crippen molar-refractivity contribution in [1.82, 2.24) is 20.1 Å². The van der Waals surface area contributed by atoms with Gasteiger partial charge in [-0.1, -0.05) is 29.4 Å². The summed E-state index contributed by atoms with van der Waals surface area (Å²) >= 11 is 0. The van der Waals surface area contributed by atoms with Crippen LogP contribution in [0.3, 0.4) is 0 Å². The highest BCUT2D eigenvalue weighted by Gasteiger charge is 2.31. The van der Waals surface area contributed by atoms with Gasteiger partial charge in [0.25, 0.3) is 0 Å². The average molecular weight is 281 g/mol. The van der Waals surface area contributed by atoms with E-state index in [2.05, 4.69) is 38.3 Å². The van der Waals surface area contributed by atoms with Crippen molar-refractivity contribution in [2.45, 2.75) is 24.8 Å². The molecule has 0 spiro atoms. The molecule has 1 aliphatic rings. The van der Waals surface area contributed by atoms with Crippen molar-refractivity contribution in [3.63, 3.8) is 0 Å². The number of aromatic nitrogens is 4. The van der Waals surface area contributed by atoms with E-state index < -0.39 is 0 Å². The van der Waals surface area contributed by atoms with E-state index in [-0.39, 0.29) is 12.0 Å². The molecular formula is C15H15N5O. The molecule has 1 unspecified atom stereocenters. The number of H-pyrrole nitrogens is 1. The number of benzene rings is 1. The minimum atomic E-state index is -0.318. The first kappa shape index (κ1) is 12.3. The SMILES string of the molecule is N[C@H](Cc1cnc[nH]1)c1nc(C2Cc3ccccc32)no1. The molecule has 1 aliphatic carbocycles. The van der Waals surface area contributed by atoms with Gasteiger partial charge in [0.15, 0.2) is 5.82 Å².